The van der Waals surface area contributed by atoms with Crippen LogP contribution in [0.2, 0.25) is 0 Å². The summed E-state index contributed by atoms with van der Waals surface area (Å²) in [6, 6.07) is 0. The smallest absolute Gasteiger partial charge is 0.265 e. The average Bonchev–Trinajstić information content (AvgIpc) is 2.61. The first-order chi connectivity index (χ1) is 8.40. The van der Waals surface area contributed by atoms with Gasteiger partial charge < -0.3 is 5.73 Å². The van der Waals surface area contributed by atoms with E-state index in [1.807, 2.05) is 0 Å². The number of hydrogen-bond donors (Lipinski definition) is 3. The average molecular weight is 268 g/mol. The third-order valence-corrected chi connectivity index (χ3v) is 3.63. The molecular weight excluding hydrogens is 256 g/mol. The number of sulfonamides is 1. The summed E-state index contributed by atoms with van der Waals surface area (Å²) in [6.45, 7) is 3.41. The van der Waals surface area contributed by atoms with E-state index in [1.54, 1.807) is 13.8 Å². The largest absolute Gasteiger partial charge is 0.368 e. The molecule has 2 heterocycles. The van der Waals surface area contributed by atoms with Gasteiger partial charge in [-0.2, -0.15) is 5.10 Å². The Bertz CT molecular complexity index is 641. The van der Waals surface area contributed by atoms with E-state index in [-0.39, 0.29) is 10.8 Å². The molecule has 0 fully saturated rings. The monoisotopic (exact) mass is 268 g/mol. The van der Waals surface area contributed by atoms with Crippen LogP contribution in [-0.2, 0) is 10.0 Å². The summed E-state index contributed by atoms with van der Waals surface area (Å²) in [5.41, 5.74) is 6.92. The van der Waals surface area contributed by atoms with Crippen molar-refractivity contribution in [3.8, 4) is 0 Å². The molecule has 2 aromatic rings. The Morgan fingerprint density at radius 1 is 1.28 bits per heavy atom. The van der Waals surface area contributed by atoms with Crippen LogP contribution in [0, 0.1) is 13.8 Å². The number of anilines is 2. The van der Waals surface area contributed by atoms with Gasteiger partial charge in [-0.05, 0) is 13.8 Å². The highest BCUT2D eigenvalue weighted by Gasteiger charge is 2.18. The maximum Gasteiger partial charge on any atom is 0.265 e. The van der Waals surface area contributed by atoms with Crippen LogP contribution in [0.25, 0.3) is 0 Å². The van der Waals surface area contributed by atoms with Gasteiger partial charge in [0.05, 0.1) is 29.5 Å². The normalized spacial score (nSPS) is 11.4. The van der Waals surface area contributed by atoms with Crippen LogP contribution >= 0.6 is 0 Å². The van der Waals surface area contributed by atoms with E-state index in [2.05, 4.69) is 24.9 Å². The molecule has 0 unspecified atom stereocenters. The summed E-state index contributed by atoms with van der Waals surface area (Å²) in [6.07, 6.45) is 2.30. The zero-order valence-electron chi connectivity index (χ0n) is 9.80. The van der Waals surface area contributed by atoms with Crippen molar-refractivity contribution in [1.82, 2.24) is 20.2 Å². The predicted octanol–water partition coefficient (Wildman–Crippen LogP) is 0.200. The number of aromatic amines is 1. The maximum atomic E-state index is 12.0. The highest BCUT2D eigenvalue weighted by Crippen LogP contribution is 2.20. The Hall–Kier alpha value is -2.16. The first kappa shape index (κ1) is 12.3. The van der Waals surface area contributed by atoms with E-state index in [0.29, 0.717) is 17.1 Å². The van der Waals surface area contributed by atoms with Crippen molar-refractivity contribution in [2.45, 2.75) is 18.7 Å². The van der Waals surface area contributed by atoms with Crippen molar-refractivity contribution >= 4 is 21.7 Å². The molecule has 0 aliphatic carbocycles. The van der Waals surface area contributed by atoms with Gasteiger partial charge in [0.15, 0.2) is 0 Å². The lowest BCUT2D eigenvalue weighted by Crippen LogP contribution is -2.15. The minimum atomic E-state index is -3.74. The van der Waals surface area contributed by atoms with Crippen molar-refractivity contribution in [2.24, 2.45) is 0 Å². The molecule has 96 valence electrons. The zero-order chi connectivity index (χ0) is 13.3. The number of rotatable bonds is 3. The molecule has 2 rings (SSSR count). The lowest BCUT2D eigenvalue weighted by atomic mass is 10.3. The van der Waals surface area contributed by atoms with Crippen LogP contribution in [0.1, 0.15) is 11.4 Å². The fraction of sp³-hybridized carbons (Fsp3) is 0.222. The van der Waals surface area contributed by atoms with Gasteiger partial charge in [0.2, 0.25) is 5.95 Å². The zero-order valence-corrected chi connectivity index (χ0v) is 10.6. The molecule has 0 radical (unpaired) electrons. The Morgan fingerprint density at radius 2 is 1.89 bits per heavy atom. The van der Waals surface area contributed by atoms with Crippen molar-refractivity contribution in [1.29, 1.82) is 0 Å². The van der Waals surface area contributed by atoms with E-state index >= 15 is 0 Å². The minimum Gasteiger partial charge on any atom is -0.368 e. The van der Waals surface area contributed by atoms with Gasteiger partial charge in [-0.25, -0.2) is 18.4 Å². The number of H-pyrrole nitrogens is 1. The molecule has 18 heavy (non-hydrogen) atoms. The molecule has 0 aliphatic heterocycles. The number of nitrogens with one attached hydrogen (secondary N) is 2. The van der Waals surface area contributed by atoms with Gasteiger partial charge in [-0.3, -0.25) is 9.82 Å². The fourth-order valence-electron chi connectivity index (χ4n) is 1.36. The first-order valence-electron chi connectivity index (χ1n) is 5.02. The van der Waals surface area contributed by atoms with Gasteiger partial charge in [0.25, 0.3) is 10.0 Å². The summed E-state index contributed by atoms with van der Waals surface area (Å²) < 4.78 is 26.5. The molecule has 0 saturated heterocycles. The molecule has 8 nitrogen and oxygen atoms in total. The number of nitrogens with zero attached hydrogens (tertiary/aromatic N) is 3. The first-order valence-corrected chi connectivity index (χ1v) is 6.50. The standard InChI is InChI=1S/C9H12N6O2S/c1-5-8(6(2)14-13-5)15-18(16,17)7-3-11-9(10)12-4-7/h3-4,15H,1-2H3,(H,13,14)(H2,10,11,12). The summed E-state index contributed by atoms with van der Waals surface area (Å²) in [5, 5.41) is 6.60. The van der Waals surface area contributed by atoms with Gasteiger partial charge >= 0.3 is 0 Å². The Morgan fingerprint density at radius 3 is 2.39 bits per heavy atom. The van der Waals surface area contributed by atoms with Crippen molar-refractivity contribution < 1.29 is 8.42 Å². The summed E-state index contributed by atoms with van der Waals surface area (Å²) in [7, 11) is -3.74. The van der Waals surface area contributed by atoms with Crippen LogP contribution in [0.4, 0.5) is 11.6 Å². The van der Waals surface area contributed by atoms with E-state index in [0.717, 1.165) is 12.4 Å². The van der Waals surface area contributed by atoms with E-state index in [1.165, 1.54) is 0 Å². The van der Waals surface area contributed by atoms with E-state index in [9.17, 15) is 8.42 Å². The molecule has 2 aromatic heterocycles. The number of aryl methyl sites for hydroxylation is 2. The van der Waals surface area contributed by atoms with Crippen LogP contribution in [0.5, 0.6) is 0 Å². The predicted molar refractivity (Wildman–Crippen MR) is 65.3 cm³/mol. The lowest BCUT2D eigenvalue weighted by Gasteiger charge is -2.07. The van der Waals surface area contributed by atoms with Gasteiger partial charge in [-0.1, -0.05) is 0 Å². The van der Waals surface area contributed by atoms with Crippen LogP contribution < -0.4 is 10.5 Å². The molecule has 0 saturated carbocycles. The summed E-state index contributed by atoms with van der Waals surface area (Å²) in [5.74, 6) is 0.0182. The highest BCUT2D eigenvalue weighted by atomic mass is 32.2. The van der Waals surface area contributed by atoms with Crippen LogP contribution in [0.15, 0.2) is 17.3 Å². The van der Waals surface area contributed by atoms with E-state index in [4.69, 9.17) is 5.73 Å². The molecule has 0 aliphatic rings. The maximum absolute atomic E-state index is 12.0. The third-order valence-electron chi connectivity index (χ3n) is 2.32. The molecule has 0 atom stereocenters. The van der Waals surface area contributed by atoms with E-state index < -0.39 is 10.0 Å². The highest BCUT2D eigenvalue weighted by molar-refractivity contribution is 7.92. The number of hydrogen-bond acceptors (Lipinski definition) is 6. The third kappa shape index (κ3) is 2.25. The number of nitrogen functional groups attached to an aromatic ring is 1. The quantitative estimate of drug-likeness (QED) is 0.729. The molecule has 0 aromatic carbocycles. The summed E-state index contributed by atoms with van der Waals surface area (Å²) in [4.78, 5) is 7.23. The van der Waals surface area contributed by atoms with Gasteiger partial charge in [-0.15, -0.1) is 0 Å². The van der Waals surface area contributed by atoms with Crippen LogP contribution in [0.3, 0.4) is 0 Å². The fourth-order valence-corrected chi connectivity index (χ4v) is 2.43. The lowest BCUT2D eigenvalue weighted by molar-refractivity contribution is 0.600. The second-order valence-electron chi connectivity index (χ2n) is 3.69. The molecular formula is C9H12N6O2S. The second kappa shape index (κ2) is 4.26. The Balaban J connectivity index is 2.36. The summed E-state index contributed by atoms with van der Waals surface area (Å²) >= 11 is 0. The van der Waals surface area contributed by atoms with Crippen LogP contribution in [-0.4, -0.2) is 28.6 Å². The molecule has 4 N–H and O–H groups in total. The minimum absolute atomic E-state index is 0.0182. The van der Waals surface area contributed by atoms with Gasteiger partial charge in [0.1, 0.15) is 4.90 Å². The molecule has 0 bridgehead atoms. The SMILES string of the molecule is Cc1n[nH]c(C)c1NS(=O)(=O)c1cnc(N)nc1. The molecule has 0 amide bonds. The number of aromatic nitrogens is 4. The van der Waals surface area contributed by atoms with Crippen molar-refractivity contribution in [3.05, 3.63) is 23.8 Å². The van der Waals surface area contributed by atoms with Crippen molar-refractivity contribution in [2.75, 3.05) is 10.5 Å². The van der Waals surface area contributed by atoms with Crippen molar-refractivity contribution in [3.63, 3.8) is 0 Å². The number of nitrogens with two attached hydrogens (primary N) is 1. The second-order valence-corrected chi connectivity index (χ2v) is 5.37. The van der Waals surface area contributed by atoms with Gasteiger partial charge in [0, 0.05) is 0 Å². The molecule has 9 heteroatoms. The Kier molecular flexibility index (Phi) is 2.91. The molecule has 0 spiro atoms. The topological polar surface area (TPSA) is 127 Å². The Labute approximate surface area is 104 Å².